The fourth-order valence-electron chi connectivity index (χ4n) is 2.38. The Morgan fingerprint density at radius 2 is 1.94 bits per heavy atom. The van der Waals surface area contributed by atoms with E-state index in [2.05, 4.69) is 12.2 Å². The Balaban J connectivity index is 2.31. The van der Waals surface area contributed by atoms with Crippen LogP contribution < -0.4 is 10.2 Å². The maximum atomic E-state index is 12.9. The summed E-state index contributed by atoms with van der Waals surface area (Å²) in [6, 6.07) is 6.36. The summed E-state index contributed by atoms with van der Waals surface area (Å²) < 4.78 is 12.9. The number of benzene rings is 1. The molecular weight excluding hydrogens is 231 g/mol. The summed E-state index contributed by atoms with van der Waals surface area (Å²) in [7, 11) is 0. The third-order valence-corrected chi connectivity index (χ3v) is 3.31. The highest BCUT2D eigenvalue weighted by Crippen LogP contribution is 2.23. The van der Waals surface area contributed by atoms with Gasteiger partial charge >= 0.3 is 0 Å². The number of nitrogens with zero attached hydrogens (tertiary/aromatic N) is 1. The van der Waals surface area contributed by atoms with Gasteiger partial charge in [-0.05, 0) is 51.5 Å². The van der Waals surface area contributed by atoms with Gasteiger partial charge in [-0.15, -0.1) is 0 Å². The smallest absolute Gasteiger partial charge is 0.246 e. The lowest BCUT2D eigenvalue weighted by atomic mass is 10.0. The van der Waals surface area contributed by atoms with Crippen LogP contribution in [0.25, 0.3) is 0 Å². The van der Waals surface area contributed by atoms with Gasteiger partial charge in [-0.25, -0.2) is 4.39 Å². The van der Waals surface area contributed by atoms with Gasteiger partial charge in [0.05, 0.1) is 5.54 Å². The zero-order valence-electron chi connectivity index (χ0n) is 11.0. The van der Waals surface area contributed by atoms with Crippen LogP contribution in [0.1, 0.15) is 27.2 Å². The maximum absolute atomic E-state index is 12.9. The first kappa shape index (κ1) is 13.0. The average Bonchev–Trinajstić information content (AvgIpc) is 2.39. The van der Waals surface area contributed by atoms with Gasteiger partial charge in [0.15, 0.2) is 0 Å². The molecule has 1 unspecified atom stereocenters. The lowest BCUT2D eigenvalue weighted by Gasteiger charge is -2.29. The Morgan fingerprint density at radius 1 is 1.33 bits per heavy atom. The standard InChI is InChI=1S/C14H19FN2O/c1-10-8-9-17(13(18)14(2,3)16-10)12-6-4-11(15)5-7-12/h4-7,10,16H,8-9H2,1-3H3. The molecule has 1 amide bonds. The zero-order valence-corrected chi connectivity index (χ0v) is 11.0. The number of amides is 1. The zero-order chi connectivity index (χ0) is 13.3. The van der Waals surface area contributed by atoms with Crippen molar-refractivity contribution in [1.82, 2.24) is 5.32 Å². The largest absolute Gasteiger partial charge is 0.311 e. The molecule has 1 saturated heterocycles. The van der Waals surface area contributed by atoms with E-state index in [9.17, 15) is 9.18 Å². The van der Waals surface area contributed by atoms with Gasteiger partial charge in [-0.2, -0.15) is 0 Å². The Kier molecular flexibility index (Phi) is 3.39. The second-order valence-electron chi connectivity index (χ2n) is 5.39. The quantitative estimate of drug-likeness (QED) is 0.829. The minimum atomic E-state index is -0.593. The second-order valence-corrected chi connectivity index (χ2v) is 5.39. The number of hydrogen-bond donors (Lipinski definition) is 1. The summed E-state index contributed by atoms with van der Waals surface area (Å²) in [6.45, 7) is 6.49. The summed E-state index contributed by atoms with van der Waals surface area (Å²) in [6.07, 6.45) is 0.881. The van der Waals surface area contributed by atoms with Gasteiger partial charge in [-0.3, -0.25) is 4.79 Å². The van der Waals surface area contributed by atoms with E-state index in [4.69, 9.17) is 0 Å². The van der Waals surface area contributed by atoms with Crippen LogP contribution in [-0.4, -0.2) is 24.0 Å². The van der Waals surface area contributed by atoms with Crippen molar-refractivity contribution in [3.63, 3.8) is 0 Å². The highest BCUT2D eigenvalue weighted by molar-refractivity contribution is 6.00. The summed E-state index contributed by atoms with van der Waals surface area (Å²) in [5, 5.41) is 3.31. The monoisotopic (exact) mass is 250 g/mol. The number of carbonyl (C=O) groups is 1. The van der Waals surface area contributed by atoms with E-state index < -0.39 is 5.54 Å². The maximum Gasteiger partial charge on any atom is 0.246 e. The second kappa shape index (κ2) is 4.69. The highest BCUT2D eigenvalue weighted by atomic mass is 19.1. The van der Waals surface area contributed by atoms with Crippen molar-refractivity contribution in [2.75, 3.05) is 11.4 Å². The topological polar surface area (TPSA) is 32.3 Å². The molecule has 1 atom stereocenters. The van der Waals surface area contributed by atoms with Crippen molar-refractivity contribution < 1.29 is 9.18 Å². The third-order valence-electron chi connectivity index (χ3n) is 3.31. The SMILES string of the molecule is CC1CCN(c2ccc(F)cc2)C(=O)C(C)(C)N1. The Bertz CT molecular complexity index is 442. The molecule has 1 N–H and O–H groups in total. The van der Waals surface area contributed by atoms with E-state index in [0.29, 0.717) is 6.54 Å². The summed E-state index contributed by atoms with van der Waals surface area (Å²) >= 11 is 0. The van der Waals surface area contributed by atoms with Gasteiger partial charge in [0.1, 0.15) is 5.82 Å². The van der Waals surface area contributed by atoms with Crippen molar-refractivity contribution >= 4 is 11.6 Å². The molecule has 0 saturated carbocycles. The van der Waals surface area contributed by atoms with Crippen LogP contribution in [0.5, 0.6) is 0 Å². The van der Waals surface area contributed by atoms with E-state index in [1.54, 1.807) is 17.0 Å². The van der Waals surface area contributed by atoms with E-state index in [0.717, 1.165) is 12.1 Å². The van der Waals surface area contributed by atoms with Crippen molar-refractivity contribution in [1.29, 1.82) is 0 Å². The molecule has 0 bridgehead atoms. The predicted molar refractivity (Wildman–Crippen MR) is 70.0 cm³/mol. The van der Waals surface area contributed by atoms with Crippen LogP contribution in [-0.2, 0) is 4.79 Å². The molecule has 1 aromatic rings. The number of nitrogens with one attached hydrogen (secondary N) is 1. The Labute approximate surface area is 107 Å². The number of halogens is 1. The number of carbonyl (C=O) groups excluding carboxylic acids is 1. The van der Waals surface area contributed by atoms with Crippen LogP contribution in [0.4, 0.5) is 10.1 Å². The average molecular weight is 250 g/mol. The summed E-state index contributed by atoms with van der Waals surface area (Å²) in [5.41, 5.74) is 0.162. The minimum absolute atomic E-state index is 0.0264. The van der Waals surface area contributed by atoms with Gasteiger partial charge in [-0.1, -0.05) is 0 Å². The molecule has 0 aromatic heterocycles. The molecule has 1 aliphatic heterocycles. The molecule has 0 spiro atoms. The molecule has 3 nitrogen and oxygen atoms in total. The first-order chi connectivity index (χ1) is 8.40. The van der Waals surface area contributed by atoms with E-state index >= 15 is 0 Å². The van der Waals surface area contributed by atoms with Crippen LogP contribution in [0.15, 0.2) is 24.3 Å². The molecule has 1 fully saturated rings. The predicted octanol–water partition coefficient (Wildman–Crippen LogP) is 2.32. The van der Waals surface area contributed by atoms with Gasteiger partial charge in [0.2, 0.25) is 5.91 Å². The fraction of sp³-hybridized carbons (Fsp3) is 0.500. The van der Waals surface area contributed by atoms with E-state index in [1.807, 2.05) is 13.8 Å². The van der Waals surface area contributed by atoms with E-state index in [1.165, 1.54) is 12.1 Å². The lowest BCUT2D eigenvalue weighted by Crippen LogP contribution is -2.53. The molecule has 2 rings (SSSR count). The molecular formula is C14H19FN2O. The Hall–Kier alpha value is -1.42. The first-order valence-corrected chi connectivity index (χ1v) is 6.25. The van der Waals surface area contributed by atoms with Gasteiger partial charge in [0, 0.05) is 18.3 Å². The van der Waals surface area contributed by atoms with Gasteiger partial charge in [0.25, 0.3) is 0 Å². The molecule has 0 radical (unpaired) electrons. The van der Waals surface area contributed by atoms with Crippen LogP contribution in [0, 0.1) is 5.82 Å². The summed E-state index contributed by atoms with van der Waals surface area (Å²) in [4.78, 5) is 14.2. The van der Waals surface area contributed by atoms with Gasteiger partial charge < -0.3 is 10.2 Å². The lowest BCUT2D eigenvalue weighted by molar-refractivity contribution is -0.123. The highest BCUT2D eigenvalue weighted by Gasteiger charge is 2.36. The number of rotatable bonds is 1. The molecule has 1 aliphatic rings. The van der Waals surface area contributed by atoms with Crippen molar-refractivity contribution in [3.05, 3.63) is 30.1 Å². The molecule has 1 heterocycles. The van der Waals surface area contributed by atoms with Crippen molar-refractivity contribution in [2.45, 2.75) is 38.8 Å². The Morgan fingerprint density at radius 3 is 2.56 bits per heavy atom. The van der Waals surface area contributed by atoms with Crippen molar-refractivity contribution in [3.8, 4) is 0 Å². The normalized spacial score (nSPS) is 23.9. The van der Waals surface area contributed by atoms with Crippen LogP contribution in [0.3, 0.4) is 0 Å². The number of anilines is 1. The molecule has 4 heteroatoms. The third kappa shape index (κ3) is 2.53. The van der Waals surface area contributed by atoms with E-state index in [-0.39, 0.29) is 17.8 Å². The fourth-order valence-corrected chi connectivity index (χ4v) is 2.38. The molecule has 18 heavy (non-hydrogen) atoms. The molecule has 1 aromatic carbocycles. The van der Waals surface area contributed by atoms with Crippen molar-refractivity contribution in [2.24, 2.45) is 0 Å². The molecule has 98 valence electrons. The van der Waals surface area contributed by atoms with Crippen LogP contribution in [0.2, 0.25) is 0 Å². The summed E-state index contributed by atoms with van der Waals surface area (Å²) in [5.74, 6) is -0.259. The number of hydrogen-bond acceptors (Lipinski definition) is 2. The minimum Gasteiger partial charge on any atom is -0.311 e. The van der Waals surface area contributed by atoms with Crippen LogP contribution >= 0.6 is 0 Å². The first-order valence-electron chi connectivity index (χ1n) is 6.25. The molecule has 0 aliphatic carbocycles.